The van der Waals surface area contributed by atoms with Crippen molar-refractivity contribution in [3.63, 3.8) is 0 Å². The van der Waals surface area contributed by atoms with Crippen LogP contribution in [0.1, 0.15) is 20.8 Å². The van der Waals surface area contributed by atoms with Gasteiger partial charge >= 0.3 is 5.97 Å². The molecule has 1 aromatic rings. The molecule has 0 radical (unpaired) electrons. The van der Waals surface area contributed by atoms with E-state index in [1.165, 1.54) is 0 Å². The fourth-order valence-corrected chi connectivity index (χ4v) is 3.15. The van der Waals surface area contributed by atoms with E-state index in [-0.39, 0.29) is 18.1 Å². The van der Waals surface area contributed by atoms with Gasteiger partial charge in [0.1, 0.15) is 6.04 Å². The summed E-state index contributed by atoms with van der Waals surface area (Å²) in [7, 11) is 0. The molecule has 1 N–H and O–H groups in total. The second-order valence-electron chi connectivity index (χ2n) is 4.37. The van der Waals surface area contributed by atoms with Crippen LogP contribution in [0.25, 0.3) is 0 Å². The van der Waals surface area contributed by atoms with Gasteiger partial charge in [0.05, 0.1) is 6.61 Å². The molecule has 0 amide bonds. The van der Waals surface area contributed by atoms with E-state index in [0.29, 0.717) is 12.4 Å². The fourth-order valence-electron chi connectivity index (χ4n) is 1.56. The van der Waals surface area contributed by atoms with E-state index in [0.717, 1.165) is 9.37 Å². The number of hydrogen-bond donors (Lipinski definition) is 1. The van der Waals surface area contributed by atoms with Gasteiger partial charge in [-0.2, -0.15) is 0 Å². The smallest absolute Gasteiger partial charge is 0.324 e. The Bertz CT molecular complexity index is 412. The lowest BCUT2D eigenvalue weighted by molar-refractivity contribution is -0.145. The third-order valence-corrected chi connectivity index (χ3v) is 4.47. The third-order valence-electron chi connectivity index (χ3n) is 2.35. The number of benzene rings is 1. The second-order valence-corrected chi connectivity index (χ2v) is 6.28. The molecule has 0 aliphatic carbocycles. The maximum atomic E-state index is 11.9. The lowest BCUT2D eigenvalue weighted by atomic mass is 10.3. The zero-order chi connectivity index (χ0) is 14.3. The van der Waals surface area contributed by atoms with Crippen LogP contribution in [0, 0.1) is 0 Å². The van der Waals surface area contributed by atoms with E-state index in [2.05, 4.69) is 21.2 Å². The molecule has 1 aromatic carbocycles. The Hall–Kier alpha value is -0.520. The number of thioether (sulfide) groups is 1. The Morgan fingerprint density at radius 3 is 2.68 bits per heavy atom. The summed E-state index contributed by atoms with van der Waals surface area (Å²) in [5.41, 5.74) is 0. The van der Waals surface area contributed by atoms with Crippen molar-refractivity contribution in [2.45, 2.75) is 37.8 Å². The van der Waals surface area contributed by atoms with Crippen LogP contribution in [0.3, 0.4) is 0 Å². The van der Waals surface area contributed by atoms with Gasteiger partial charge in [-0.3, -0.25) is 4.79 Å². The van der Waals surface area contributed by atoms with Gasteiger partial charge in [-0.25, -0.2) is 0 Å². The first kappa shape index (κ1) is 16.5. The molecule has 1 unspecified atom stereocenters. The van der Waals surface area contributed by atoms with Gasteiger partial charge in [0.15, 0.2) is 0 Å². The van der Waals surface area contributed by atoms with Crippen molar-refractivity contribution in [3.8, 4) is 0 Å². The molecule has 5 heteroatoms. The highest BCUT2D eigenvalue weighted by molar-refractivity contribution is 9.10. The van der Waals surface area contributed by atoms with Crippen LogP contribution in [0.2, 0.25) is 0 Å². The van der Waals surface area contributed by atoms with Gasteiger partial charge in [0, 0.05) is 21.2 Å². The predicted molar refractivity (Wildman–Crippen MR) is 83.6 cm³/mol. The number of halogens is 1. The van der Waals surface area contributed by atoms with E-state index in [1.807, 2.05) is 45.0 Å². The molecule has 0 aliphatic heterocycles. The lowest BCUT2D eigenvalue weighted by Crippen LogP contribution is -2.43. The highest BCUT2D eigenvalue weighted by atomic mass is 79.9. The third kappa shape index (κ3) is 5.97. The van der Waals surface area contributed by atoms with Crippen molar-refractivity contribution < 1.29 is 9.53 Å². The molecule has 0 heterocycles. The molecule has 0 saturated heterocycles. The van der Waals surface area contributed by atoms with Crippen LogP contribution >= 0.6 is 27.7 Å². The summed E-state index contributed by atoms with van der Waals surface area (Å²) < 4.78 is 6.15. The van der Waals surface area contributed by atoms with Gasteiger partial charge in [-0.1, -0.05) is 26.0 Å². The van der Waals surface area contributed by atoms with E-state index >= 15 is 0 Å². The minimum absolute atomic E-state index is 0.184. The molecule has 0 aliphatic rings. The van der Waals surface area contributed by atoms with Crippen LogP contribution in [-0.2, 0) is 9.53 Å². The van der Waals surface area contributed by atoms with Gasteiger partial charge in [-0.05, 0) is 35.0 Å². The van der Waals surface area contributed by atoms with E-state index in [4.69, 9.17) is 4.74 Å². The zero-order valence-corrected chi connectivity index (χ0v) is 13.9. The van der Waals surface area contributed by atoms with E-state index in [1.54, 1.807) is 11.8 Å². The maximum absolute atomic E-state index is 11.9. The molecule has 0 bridgehead atoms. The minimum atomic E-state index is -0.281. The summed E-state index contributed by atoms with van der Waals surface area (Å²) in [4.78, 5) is 13.0. The molecule has 0 aromatic heterocycles. The monoisotopic (exact) mass is 345 g/mol. The zero-order valence-electron chi connectivity index (χ0n) is 11.5. The molecular formula is C14H20BrNO2S. The molecule has 1 rings (SSSR count). The number of carbonyl (C=O) groups is 1. The first-order chi connectivity index (χ1) is 9.04. The number of hydrogen-bond acceptors (Lipinski definition) is 4. The SMILES string of the molecule is CCOC(=O)C(CSc1ccccc1Br)NC(C)C. The minimum Gasteiger partial charge on any atom is -0.465 e. The van der Waals surface area contributed by atoms with Crippen LogP contribution in [0.4, 0.5) is 0 Å². The number of carbonyl (C=O) groups excluding carboxylic acids is 1. The molecule has 1 atom stereocenters. The van der Waals surface area contributed by atoms with E-state index in [9.17, 15) is 4.79 Å². The predicted octanol–water partition coefficient (Wildman–Crippen LogP) is 3.47. The van der Waals surface area contributed by atoms with Crippen molar-refractivity contribution in [1.82, 2.24) is 5.32 Å². The van der Waals surface area contributed by atoms with E-state index < -0.39 is 0 Å². The Morgan fingerprint density at radius 1 is 1.42 bits per heavy atom. The normalized spacial score (nSPS) is 12.5. The van der Waals surface area contributed by atoms with Crippen LogP contribution in [0.5, 0.6) is 0 Å². The Balaban J connectivity index is 2.62. The summed E-state index contributed by atoms with van der Waals surface area (Å²) in [6, 6.07) is 7.96. The lowest BCUT2D eigenvalue weighted by Gasteiger charge is -2.19. The van der Waals surface area contributed by atoms with Crippen molar-refractivity contribution in [2.24, 2.45) is 0 Å². The molecule has 0 saturated carbocycles. The fraction of sp³-hybridized carbons (Fsp3) is 0.500. The Kier molecular flexibility index (Phi) is 7.49. The number of esters is 1. The highest BCUT2D eigenvalue weighted by Gasteiger charge is 2.20. The average molecular weight is 346 g/mol. The quantitative estimate of drug-likeness (QED) is 0.606. The first-order valence-electron chi connectivity index (χ1n) is 6.34. The molecule has 0 spiro atoms. The Morgan fingerprint density at radius 2 is 2.11 bits per heavy atom. The number of ether oxygens (including phenoxy) is 1. The van der Waals surface area contributed by atoms with Gasteiger partial charge in [-0.15, -0.1) is 11.8 Å². The molecule has 0 fully saturated rings. The summed E-state index contributed by atoms with van der Waals surface area (Å²) in [6.45, 7) is 6.28. The largest absolute Gasteiger partial charge is 0.465 e. The van der Waals surface area contributed by atoms with Crippen molar-refractivity contribution in [1.29, 1.82) is 0 Å². The summed E-state index contributed by atoms with van der Waals surface area (Å²) in [5, 5.41) is 3.24. The van der Waals surface area contributed by atoms with Crippen LogP contribution < -0.4 is 5.32 Å². The van der Waals surface area contributed by atoms with Crippen LogP contribution in [-0.4, -0.2) is 30.4 Å². The average Bonchev–Trinajstić information content (AvgIpc) is 2.36. The van der Waals surface area contributed by atoms with Crippen LogP contribution in [0.15, 0.2) is 33.6 Å². The number of rotatable bonds is 7. The van der Waals surface area contributed by atoms with Gasteiger partial charge in [0.2, 0.25) is 0 Å². The van der Waals surface area contributed by atoms with Crippen molar-refractivity contribution >= 4 is 33.7 Å². The van der Waals surface area contributed by atoms with Crippen molar-refractivity contribution in [2.75, 3.05) is 12.4 Å². The Labute approximate surface area is 127 Å². The second kappa shape index (κ2) is 8.61. The number of nitrogens with one attached hydrogen (secondary N) is 1. The standard InChI is InChI=1S/C14H20BrNO2S/c1-4-18-14(17)12(16-10(2)3)9-19-13-8-6-5-7-11(13)15/h5-8,10,12,16H,4,9H2,1-3H3. The molecule has 3 nitrogen and oxygen atoms in total. The molecule has 106 valence electrons. The van der Waals surface area contributed by atoms with Crippen molar-refractivity contribution in [3.05, 3.63) is 28.7 Å². The molecule has 19 heavy (non-hydrogen) atoms. The summed E-state index contributed by atoms with van der Waals surface area (Å²) in [5.74, 6) is 0.468. The summed E-state index contributed by atoms with van der Waals surface area (Å²) >= 11 is 5.15. The maximum Gasteiger partial charge on any atom is 0.324 e. The first-order valence-corrected chi connectivity index (χ1v) is 8.12. The topological polar surface area (TPSA) is 38.3 Å². The van der Waals surface area contributed by atoms with Gasteiger partial charge < -0.3 is 10.1 Å². The van der Waals surface area contributed by atoms with Gasteiger partial charge in [0.25, 0.3) is 0 Å². The molecular weight excluding hydrogens is 326 g/mol. The summed E-state index contributed by atoms with van der Waals surface area (Å²) in [6.07, 6.45) is 0. The highest BCUT2D eigenvalue weighted by Crippen LogP contribution is 2.27.